The summed E-state index contributed by atoms with van der Waals surface area (Å²) >= 11 is 0. The number of carbonyl (C=O) groups is 1. The SMILES string of the molecule is O=C(NCc1ccco1)C1CN(C2CCC2)Cc2cccn2C1. The summed E-state index contributed by atoms with van der Waals surface area (Å²) in [5, 5.41) is 3.03. The Hall–Kier alpha value is -2.01. The van der Waals surface area contributed by atoms with Gasteiger partial charge in [0.05, 0.1) is 18.7 Å². The van der Waals surface area contributed by atoms with Crippen molar-refractivity contribution in [3.05, 3.63) is 48.2 Å². The number of hydrogen-bond acceptors (Lipinski definition) is 3. The third kappa shape index (κ3) is 3.06. The summed E-state index contributed by atoms with van der Waals surface area (Å²) in [7, 11) is 0. The van der Waals surface area contributed by atoms with Crippen molar-refractivity contribution in [3.63, 3.8) is 0 Å². The van der Waals surface area contributed by atoms with Crippen LogP contribution in [-0.2, 0) is 24.4 Å². The quantitative estimate of drug-likeness (QED) is 0.943. The maximum atomic E-state index is 12.7. The fourth-order valence-corrected chi connectivity index (χ4v) is 3.55. The number of nitrogens with one attached hydrogen (secondary N) is 1. The van der Waals surface area contributed by atoms with Crippen LogP contribution in [0, 0.1) is 5.92 Å². The minimum atomic E-state index is -0.0146. The normalized spacial score (nSPS) is 22.2. The Morgan fingerprint density at radius 3 is 2.91 bits per heavy atom. The summed E-state index contributed by atoms with van der Waals surface area (Å²) in [4.78, 5) is 15.2. The van der Waals surface area contributed by atoms with Crippen molar-refractivity contribution in [3.8, 4) is 0 Å². The molecule has 0 saturated heterocycles. The molecule has 0 bridgehead atoms. The molecule has 2 aromatic heterocycles. The van der Waals surface area contributed by atoms with Crippen molar-refractivity contribution in [2.75, 3.05) is 6.54 Å². The van der Waals surface area contributed by atoms with Gasteiger partial charge in [0.25, 0.3) is 0 Å². The van der Waals surface area contributed by atoms with Gasteiger partial charge in [-0.05, 0) is 37.1 Å². The lowest BCUT2D eigenvalue weighted by Gasteiger charge is -2.37. The molecule has 4 rings (SSSR count). The summed E-state index contributed by atoms with van der Waals surface area (Å²) in [5.41, 5.74) is 1.32. The Morgan fingerprint density at radius 1 is 1.26 bits per heavy atom. The van der Waals surface area contributed by atoms with Crippen LogP contribution in [0.2, 0.25) is 0 Å². The maximum absolute atomic E-state index is 12.7. The van der Waals surface area contributed by atoms with Crippen molar-refractivity contribution in [1.29, 1.82) is 0 Å². The Kier molecular flexibility index (Phi) is 3.95. The third-order valence-corrected chi connectivity index (χ3v) is 5.14. The van der Waals surface area contributed by atoms with Gasteiger partial charge in [0.2, 0.25) is 5.91 Å². The van der Waals surface area contributed by atoms with Gasteiger partial charge >= 0.3 is 0 Å². The van der Waals surface area contributed by atoms with E-state index in [9.17, 15) is 4.79 Å². The third-order valence-electron chi connectivity index (χ3n) is 5.14. The number of nitrogens with zero attached hydrogens (tertiary/aromatic N) is 2. The molecular formula is C18H23N3O2. The second-order valence-electron chi connectivity index (χ2n) is 6.66. The van der Waals surface area contributed by atoms with E-state index in [-0.39, 0.29) is 11.8 Å². The number of furan rings is 1. The molecule has 1 fully saturated rings. The van der Waals surface area contributed by atoms with Crippen LogP contribution in [0.15, 0.2) is 41.1 Å². The Balaban J connectivity index is 1.46. The van der Waals surface area contributed by atoms with Gasteiger partial charge in [-0.3, -0.25) is 9.69 Å². The number of hydrogen-bond donors (Lipinski definition) is 1. The average Bonchev–Trinajstić information content (AvgIpc) is 3.12. The Morgan fingerprint density at radius 2 is 2.17 bits per heavy atom. The van der Waals surface area contributed by atoms with E-state index in [1.165, 1.54) is 25.0 Å². The minimum Gasteiger partial charge on any atom is -0.467 e. The molecule has 1 aliphatic carbocycles. The van der Waals surface area contributed by atoms with Crippen LogP contribution in [0.5, 0.6) is 0 Å². The first-order valence-electron chi connectivity index (χ1n) is 8.48. The van der Waals surface area contributed by atoms with Gasteiger partial charge < -0.3 is 14.3 Å². The van der Waals surface area contributed by atoms with Crippen molar-refractivity contribution in [2.24, 2.45) is 5.92 Å². The molecule has 122 valence electrons. The molecule has 3 heterocycles. The largest absolute Gasteiger partial charge is 0.467 e. The lowest BCUT2D eigenvalue weighted by atomic mass is 9.90. The van der Waals surface area contributed by atoms with Crippen LogP contribution in [0.3, 0.4) is 0 Å². The van der Waals surface area contributed by atoms with Crippen molar-refractivity contribution in [1.82, 2.24) is 14.8 Å². The molecule has 1 unspecified atom stereocenters. The number of rotatable bonds is 4. The van der Waals surface area contributed by atoms with E-state index in [2.05, 4.69) is 33.1 Å². The minimum absolute atomic E-state index is 0.0146. The highest BCUT2D eigenvalue weighted by Crippen LogP contribution is 2.29. The lowest BCUT2D eigenvalue weighted by molar-refractivity contribution is -0.126. The van der Waals surface area contributed by atoms with Crippen molar-refractivity contribution < 1.29 is 9.21 Å². The molecule has 0 aromatic carbocycles. The van der Waals surface area contributed by atoms with E-state index < -0.39 is 0 Å². The van der Waals surface area contributed by atoms with Crippen LogP contribution < -0.4 is 5.32 Å². The Labute approximate surface area is 136 Å². The predicted molar refractivity (Wildman–Crippen MR) is 86.5 cm³/mol. The smallest absolute Gasteiger partial charge is 0.226 e. The van der Waals surface area contributed by atoms with Crippen molar-refractivity contribution >= 4 is 5.91 Å². The first-order chi connectivity index (χ1) is 11.3. The molecule has 0 radical (unpaired) electrons. The first kappa shape index (κ1) is 14.6. The molecule has 1 N–H and O–H groups in total. The van der Waals surface area contributed by atoms with Crippen molar-refractivity contribution in [2.45, 2.75) is 44.9 Å². The fourth-order valence-electron chi connectivity index (χ4n) is 3.55. The second kappa shape index (κ2) is 6.24. The zero-order chi connectivity index (χ0) is 15.6. The molecule has 1 aliphatic heterocycles. The molecule has 5 nitrogen and oxygen atoms in total. The van der Waals surface area contributed by atoms with Crippen LogP contribution in [0.25, 0.3) is 0 Å². The number of aromatic nitrogens is 1. The zero-order valence-electron chi connectivity index (χ0n) is 13.3. The first-order valence-corrected chi connectivity index (χ1v) is 8.48. The molecule has 5 heteroatoms. The van der Waals surface area contributed by atoms with Gasteiger partial charge in [-0.2, -0.15) is 0 Å². The van der Waals surface area contributed by atoms with E-state index in [0.717, 1.165) is 25.4 Å². The van der Waals surface area contributed by atoms with Gasteiger partial charge in [0.1, 0.15) is 5.76 Å². The molecular weight excluding hydrogens is 290 g/mol. The molecule has 1 saturated carbocycles. The summed E-state index contributed by atoms with van der Waals surface area (Å²) < 4.78 is 7.53. The monoisotopic (exact) mass is 313 g/mol. The Bertz CT molecular complexity index is 658. The van der Waals surface area contributed by atoms with Crippen LogP contribution in [0.4, 0.5) is 0 Å². The number of carbonyl (C=O) groups excluding carboxylic acids is 1. The van der Waals surface area contributed by atoms with E-state index in [1.54, 1.807) is 6.26 Å². The highest BCUT2D eigenvalue weighted by molar-refractivity contribution is 5.78. The average molecular weight is 313 g/mol. The lowest BCUT2D eigenvalue weighted by Crippen LogP contribution is -2.45. The van der Waals surface area contributed by atoms with Gasteiger partial charge in [-0.1, -0.05) is 6.42 Å². The summed E-state index contributed by atoms with van der Waals surface area (Å²) in [6, 6.07) is 8.64. The fraction of sp³-hybridized carbons (Fsp3) is 0.500. The zero-order valence-corrected chi connectivity index (χ0v) is 13.3. The van der Waals surface area contributed by atoms with Gasteiger partial charge in [0, 0.05) is 37.6 Å². The van der Waals surface area contributed by atoms with Gasteiger partial charge in [-0.15, -0.1) is 0 Å². The predicted octanol–water partition coefficient (Wildman–Crippen LogP) is 2.38. The van der Waals surface area contributed by atoms with E-state index in [1.807, 2.05) is 12.1 Å². The van der Waals surface area contributed by atoms with Crippen LogP contribution >= 0.6 is 0 Å². The van der Waals surface area contributed by atoms with E-state index >= 15 is 0 Å². The molecule has 1 amide bonds. The number of fused-ring (bicyclic) bond motifs is 1. The van der Waals surface area contributed by atoms with Crippen LogP contribution in [0.1, 0.15) is 30.7 Å². The number of amides is 1. The van der Waals surface area contributed by atoms with Gasteiger partial charge in [-0.25, -0.2) is 0 Å². The van der Waals surface area contributed by atoms with E-state index in [0.29, 0.717) is 12.6 Å². The van der Waals surface area contributed by atoms with Crippen LogP contribution in [-0.4, -0.2) is 28.0 Å². The highest BCUT2D eigenvalue weighted by atomic mass is 16.3. The topological polar surface area (TPSA) is 50.4 Å². The standard InChI is InChI=1S/C18H23N3O2/c22-18(19-10-17-7-3-9-23-17)14-11-20-8-2-6-16(20)13-21(12-14)15-4-1-5-15/h2-3,6-9,14-15H,1,4-5,10-13H2,(H,19,22). The molecule has 2 aromatic rings. The van der Waals surface area contributed by atoms with Gasteiger partial charge in [0.15, 0.2) is 0 Å². The summed E-state index contributed by atoms with van der Waals surface area (Å²) in [6.45, 7) is 3.02. The molecule has 1 atom stereocenters. The maximum Gasteiger partial charge on any atom is 0.226 e. The molecule has 23 heavy (non-hydrogen) atoms. The molecule has 0 spiro atoms. The highest BCUT2D eigenvalue weighted by Gasteiger charge is 2.32. The summed E-state index contributed by atoms with van der Waals surface area (Å²) in [5.74, 6) is 0.899. The second-order valence-corrected chi connectivity index (χ2v) is 6.66. The molecule has 2 aliphatic rings. The summed E-state index contributed by atoms with van der Waals surface area (Å²) in [6.07, 6.45) is 7.57. The van der Waals surface area contributed by atoms with E-state index in [4.69, 9.17) is 4.42 Å².